The molecule has 2 heteroatoms. The molecule has 18 heavy (non-hydrogen) atoms. The van der Waals surface area contributed by atoms with Crippen molar-refractivity contribution >= 4 is 6.29 Å². The van der Waals surface area contributed by atoms with E-state index >= 15 is 0 Å². The van der Waals surface area contributed by atoms with Crippen molar-refractivity contribution in [1.29, 1.82) is 0 Å². The van der Waals surface area contributed by atoms with Crippen LogP contribution >= 0.6 is 0 Å². The standard InChI is InChI=1S/C16H22O2/c1-16(9-7-14(11-17)8-10-16)13-18-12-15-5-3-2-4-6-15/h2-6,11,14H,7-10,12-13H2,1H3. The minimum absolute atomic E-state index is 0.258. The minimum Gasteiger partial charge on any atom is -0.376 e. The summed E-state index contributed by atoms with van der Waals surface area (Å²) in [4.78, 5) is 10.7. The van der Waals surface area contributed by atoms with Gasteiger partial charge in [0.15, 0.2) is 0 Å². The molecular weight excluding hydrogens is 224 g/mol. The van der Waals surface area contributed by atoms with Crippen molar-refractivity contribution < 1.29 is 9.53 Å². The Morgan fingerprint density at radius 1 is 1.28 bits per heavy atom. The second-order valence-corrected chi connectivity index (χ2v) is 5.76. The lowest BCUT2D eigenvalue weighted by Gasteiger charge is -2.35. The maximum Gasteiger partial charge on any atom is 0.123 e. The molecule has 0 heterocycles. The minimum atomic E-state index is 0.258. The van der Waals surface area contributed by atoms with E-state index in [9.17, 15) is 4.79 Å². The molecule has 98 valence electrons. The highest BCUT2D eigenvalue weighted by molar-refractivity contribution is 5.53. The third kappa shape index (κ3) is 3.67. The largest absolute Gasteiger partial charge is 0.376 e. The van der Waals surface area contributed by atoms with Gasteiger partial charge in [0.25, 0.3) is 0 Å². The van der Waals surface area contributed by atoms with Gasteiger partial charge in [-0.25, -0.2) is 0 Å². The van der Waals surface area contributed by atoms with Gasteiger partial charge in [-0.1, -0.05) is 37.3 Å². The second-order valence-electron chi connectivity index (χ2n) is 5.76. The summed E-state index contributed by atoms with van der Waals surface area (Å²) in [6, 6.07) is 10.3. The molecule has 2 nitrogen and oxygen atoms in total. The lowest BCUT2D eigenvalue weighted by atomic mass is 9.72. The zero-order valence-electron chi connectivity index (χ0n) is 11.1. The fraction of sp³-hybridized carbons (Fsp3) is 0.562. The maximum absolute atomic E-state index is 10.7. The maximum atomic E-state index is 10.7. The zero-order valence-corrected chi connectivity index (χ0v) is 11.1. The first-order valence-corrected chi connectivity index (χ1v) is 6.79. The smallest absolute Gasteiger partial charge is 0.123 e. The molecule has 1 aliphatic carbocycles. The quantitative estimate of drug-likeness (QED) is 0.742. The van der Waals surface area contributed by atoms with Crippen LogP contribution in [0.2, 0.25) is 0 Å². The molecule has 0 saturated heterocycles. The third-order valence-electron chi connectivity index (χ3n) is 3.99. The predicted molar refractivity (Wildman–Crippen MR) is 72.2 cm³/mol. The topological polar surface area (TPSA) is 26.3 Å². The van der Waals surface area contributed by atoms with Crippen molar-refractivity contribution in [2.45, 2.75) is 39.2 Å². The summed E-state index contributed by atoms with van der Waals surface area (Å²) in [5, 5.41) is 0. The van der Waals surface area contributed by atoms with Gasteiger partial charge in [0.05, 0.1) is 13.2 Å². The Bertz CT molecular complexity index is 364. The number of carbonyl (C=O) groups excluding carboxylic acids is 1. The molecule has 1 aliphatic rings. The summed E-state index contributed by atoms with van der Waals surface area (Å²) in [5.41, 5.74) is 1.48. The van der Waals surface area contributed by atoms with Gasteiger partial charge in [-0.3, -0.25) is 0 Å². The molecule has 2 rings (SSSR count). The van der Waals surface area contributed by atoms with E-state index < -0.39 is 0 Å². The molecular formula is C16H22O2. The van der Waals surface area contributed by atoms with E-state index in [0.717, 1.165) is 38.6 Å². The number of carbonyl (C=O) groups is 1. The van der Waals surface area contributed by atoms with Crippen LogP contribution in [0.4, 0.5) is 0 Å². The van der Waals surface area contributed by atoms with E-state index in [-0.39, 0.29) is 11.3 Å². The molecule has 1 saturated carbocycles. The van der Waals surface area contributed by atoms with Crippen LogP contribution in [0.25, 0.3) is 0 Å². The van der Waals surface area contributed by atoms with Gasteiger partial charge in [0, 0.05) is 5.92 Å². The number of ether oxygens (including phenoxy) is 1. The first-order valence-electron chi connectivity index (χ1n) is 6.79. The highest BCUT2D eigenvalue weighted by Gasteiger charge is 2.31. The summed E-state index contributed by atoms with van der Waals surface area (Å²) in [6.07, 6.45) is 5.37. The summed E-state index contributed by atoms with van der Waals surface area (Å²) in [5.74, 6) is 0.284. The van der Waals surface area contributed by atoms with Crippen molar-refractivity contribution in [3.63, 3.8) is 0 Å². The van der Waals surface area contributed by atoms with Crippen LogP contribution in [-0.4, -0.2) is 12.9 Å². The molecule has 0 aromatic heterocycles. The summed E-state index contributed by atoms with van der Waals surface area (Å²) < 4.78 is 5.84. The van der Waals surface area contributed by atoms with E-state index in [1.54, 1.807) is 0 Å². The highest BCUT2D eigenvalue weighted by atomic mass is 16.5. The number of aldehydes is 1. The highest BCUT2D eigenvalue weighted by Crippen LogP contribution is 2.38. The molecule has 0 N–H and O–H groups in total. The van der Waals surface area contributed by atoms with Crippen LogP contribution in [0.5, 0.6) is 0 Å². The third-order valence-corrected chi connectivity index (χ3v) is 3.99. The molecule has 0 radical (unpaired) electrons. The van der Waals surface area contributed by atoms with Crippen LogP contribution < -0.4 is 0 Å². The van der Waals surface area contributed by atoms with E-state index in [2.05, 4.69) is 19.1 Å². The Kier molecular flexibility index (Phi) is 4.54. The molecule has 1 fully saturated rings. The van der Waals surface area contributed by atoms with Crippen LogP contribution in [0.3, 0.4) is 0 Å². The molecule has 1 aromatic rings. The van der Waals surface area contributed by atoms with E-state index in [4.69, 9.17) is 4.74 Å². The van der Waals surface area contributed by atoms with Crippen LogP contribution in [0.1, 0.15) is 38.2 Å². The SMILES string of the molecule is CC1(COCc2ccccc2)CCC(C=O)CC1. The van der Waals surface area contributed by atoms with Crippen LogP contribution in [0, 0.1) is 11.3 Å². The van der Waals surface area contributed by atoms with Gasteiger partial charge in [-0.15, -0.1) is 0 Å². The normalized spacial score (nSPS) is 27.9. The Hall–Kier alpha value is -1.15. The predicted octanol–water partition coefficient (Wildman–Crippen LogP) is 3.60. The van der Waals surface area contributed by atoms with Gasteiger partial charge in [0.2, 0.25) is 0 Å². The first-order chi connectivity index (χ1) is 8.72. The molecule has 0 bridgehead atoms. The molecule has 0 unspecified atom stereocenters. The van der Waals surface area contributed by atoms with Crippen molar-refractivity contribution in [2.75, 3.05) is 6.61 Å². The fourth-order valence-electron chi connectivity index (χ4n) is 2.61. The fourth-order valence-corrected chi connectivity index (χ4v) is 2.61. The van der Waals surface area contributed by atoms with E-state index in [1.807, 2.05) is 18.2 Å². The van der Waals surface area contributed by atoms with Crippen LogP contribution in [-0.2, 0) is 16.1 Å². The number of hydrogen-bond donors (Lipinski definition) is 0. The van der Waals surface area contributed by atoms with Gasteiger partial charge in [0.1, 0.15) is 6.29 Å². The molecule has 0 spiro atoms. The van der Waals surface area contributed by atoms with Crippen molar-refractivity contribution in [1.82, 2.24) is 0 Å². The zero-order chi connectivity index (χ0) is 12.8. The van der Waals surface area contributed by atoms with Crippen molar-refractivity contribution in [2.24, 2.45) is 11.3 Å². The lowest BCUT2D eigenvalue weighted by Crippen LogP contribution is -2.29. The van der Waals surface area contributed by atoms with Gasteiger partial charge in [-0.05, 0) is 36.7 Å². The van der Waals surface area contributed by atoms with Crippen molar-refractivity contribution in [3.05, 3.63) is 35.9 Å². The van der Waals surface area contributed by atoms with Crippen molar-refractivity contribution in [3.8, 4) is 0 Å². The van der Waals surface area contributed by atoms with E-state index in [1.165, 1.54) is 5.56 Å². The van der Waals surface area contributed by atoms with Gasteiger partial charge < -0.3 is 9.53 Å². The number of benzene rings is 1. The Morgan fingerprint density at radius 2 is 1.94 bits per heavy atom. The molecule has 0 atom stereocenters. The average molecular weight is 246 g/mol. The summed E-state index contributed by atoms with van der Waals surface area (Å²) in [7, 11) is 0. The molecule has 1 aromatic carbocycles. The Morgan fingerprint density at radius 3 is 2.56 bits per heavy atom. The monoisotopic (exact) mass is 246 g/mol. The average Bonchev–Trinajstić information content (AvgIpc) is 2.41. The lowest BCUT2D eigenvalue weighted by molar-refractivity contribution is -0.113. The Labute approximate surface area is 109 Å². The Balaban J connectivity index is 1.75. The van der Waals surface area contributed by atoms with Gasteiger partial charge >= 0.3 is 0 Å². The van der Waals surface area contributed by atoms with E-state index in [0.29, 0.717) is 6.61 Å². The van der Waals surface area contributed by atoms with Gasteiger partial charge in [-0.2, -0.15) is 0 Å². The summed E-state index contributed by atoms with van der Waals surface area (Å²) in [6.45, 7) is 3.76. The van der Waals surface area contributed by atoms with Crippen LogP contribution in [0.15, 0.2) is 30.3 Å². The second kappa shape index (κ2) is 6.14. The first kappa shape index (κ1) is 13.3. The number of hydrogen-bond acceptors (Lipinski definition) is 2. The molecule has 0 amide bonds. The molecule has 0 aliphatic heterocycles. The number of rotatable bonds is 5. The summed E-state index contributed by atoms with van der Waals surface area (Å²) >= 11 is 0.